The fourth-order valence-corrected chi connectivity index (χ4v) is 5.97. The molecule has 22 rings (SSSR count). The van der Waals surface area contributed by atoms with Crippen molar-refractivity contribution in [3.63, 3.8) is 0 Å². The number of hydrogen-bond acceptors (Lipinski definition) is 0. The van der Waals surface area contributed by atoms with E-state index >= 15 is 0 Å². The van der Waals surface area contributed by atoms with Gasteiger partial charge >= 0.3 is 132 Å². The molecule has 0 amide bonds. The van der Waals surface area contributed by atoms with Crippen LogP contribution in [0.15, 0.2) is 145 Å². The first-order chi connectivity index (χ1) is 29.9. The van der Waals surface area contributed by atoms with Crippen molar-refractivity contribution >= 4 is 47.2 Å². The van der Waals surface area contributed by atoms with Crippen LogP contribution in [0.25, 0.3) is 22.3 Å². The van der Waals surface area contributed by atoms with Crippen LogP contribution in [0.2, 0.25) is 0 Å². The Morgan fingerprint density at radius 3 is 0.681 bits per heavy atom. The maximum atomic E-state index is 9.87. The zero-order valence-corrected chi connectivity index (χ0v) is 38.8. The molecular formula is C36H31BrF24N4P4. The molecule has 4 nitrogen and oxygen atoms in total. The SMILES string of the molecule is Brc1cc2ccc1C[n+]1ccc(cc1)-c1cc[n+](cc1)Cc1ccc(cc1)C[n+]1ccc(cc1)-c1cc[n+](cc1)C2.F[P-](F)(F)(F)(F)F.F[P-](F)(F)(F)(F)F.F[P-](F)(F)(F)(F)F.F[P-](F)(F)(F)(F)F. The Morgan fingerprint density at radius 2 is 0.464 bits per heavy atom. The molecule has 16 aliphatic heterocycles. The second kappa shape index (κ2) is 16.8. The fraction of sp³-hybridized carbons (Fsp3) is 0.111. The maximum absolute atomic E-state index is 10.7. The van der Waals surface area contributed by atoms with Gasteiger partial charge in [0.05, 0.1) is 0 Å². The predicted molar refractivity (Wildman–Crippen MR) is 216 cm³/mol. The van der Waals surface area contributed by atoms with Crippen molar-refractivity contribution < 1.29 is 119 Å². The molecule has 33 heteroatoms. The zero-order chi connectivity index (χ0) is 53.2. The van der Waals surface area contributed by atoms with Crippen molar-refractivity contribution in [2.24, 2.45) is 0 Å². The third-order valence-electron chi connectivity index (χ3n) is 7.82. The molecule has 0 aliphatic carbocycles. The summed E-state index contributed by atoms with van der Waals surface area (Å²) in [5.41, 5.74) is 9.98. The molecule has 0 fully saturated rings. The summed E-state index contributed by atoms with van der Waals surface area (Å²) in [6.45, 7) is 3.34. The predicted octanol–water partition coefficient (Wildman–Crippen LogP) is 19.0. The van der Waals surface area contributed by atoms with Gasteiger partial charge in [-0.25, -0.2) is 18.3 Å². The molecule has 2 aromatic carbocycles. The number of hydrogen-bond donors (Lipinski definition) is 0. The quantitative estimate of drug-likeness (QED) is 0.0817. The van der Waals surface area contributed by atoms with E-state index in [2.05, 4.69) is 175 Å². The molecule has 0 saturated carbocycles. The van der Waals surface area contributed by atoms with Crippen LogP contribution in [0.3, 0.4) is 0 Å². The first-order valence-corrected chi connectivity index (χ1v) is 26.9. The second-order valence-corrected chi connectivity index (χ2v) is 23.1. The van der Waals surface area contributed by atoms with Gasteiger partial charge in [-0.1, -0.05) is 52.3 Å². The summed E-state index contributed by atoms with van der Waals surface area (Å²) in [6.07, 6.45) is 17.3. The van der Waals surface area contributed by atoms with Crippen LogP contribution < -0.4 is 18.3 Å². The van der Waals surface area contributed by atoms with E-state index in [0.717, 1.165) is 30.7 Å². The summed E-state index contributed by atoms with van der Waals surface area (Å²) in [6, 6.07) is 33.2. The van der Waals surface area contributed by atoms with Crippen LogP contribution in [0.4, 0.5) is 101 Å². The zero-order valence-electron chi connectivity index (χ0n) is 33.6. The molecule has 16 aliphatic rings. The summed E-state index contributed by atoms with van der Waals surface area (Å²) in [5, 5.41) is 0. The van der Waals surface area contributed by atoms with Gasteiger partial charge < -0.3 is 0 Å². The summed E-state index contributed by atoms with van der Waals surface area (Å²) in [5.74, 6) is 0. The third kappa shape index (κ3) is 35.3. The van der Waals surface area contributed by atoms with Crippen molar-refractivity contribution in [2.45, 2.75) is 26.2 Å². The van der Waals surface area contributed by atoms with Gasteiger partial charge in [0, 0.05) is 75.3 Å². The van der Waals surface area contributed by atoms with E-state index in [1.165, 1.54) is 44.5 Å². The fourth-order valence-electron chi connectivity index (χ4n) is 5.42. The molecule has 0 unspecified atom stereocenters. The molecule has 0 saturated heterocycles. The number of benzene rings is 2. The third-order valence-corrected chi connectivity index (χ3v) is 8.56. The van der Waals surface area contributed by atoms with Gasteiger partial charge in [0.1, 0.15) is 0 Å². The van der Waals surface area contributed by atoms with Gasteiger partial charge in [-0.3, -0.25) is 0 Å². The molecule has 6 aromatic rings. The van der Waals surface area contributed by atoms with Crippen LogP contribution in [-0.2, 0) is 26.2 Å². The average Bonchev–Trinajstić information content (AvgIpc) is 3.10. The minimum absolute atomic E-state index is 0.813. The Balaban J connectivity index is 0.000000367. The molecule has 12 bridgehead atoms. The van der Waals surface area contributed by atoms with Crippen molar-refractivity contribution in [3.05, 3.63) is 167 Å². The summed E-state index contributed by atoms with van der Waals surface area (Å²) >= 11 is 3.83. The van der Waals surface area contributed by atoms with Gasteiger partial charge in [0.15, 0.2) is 75.8 Å². The average molecular weight is 1180 g/mol. The standard InChI is InChI=1S/C36H31BrN4.4F6P/c37-36-23-30-5-6-35(36)27-41-21-13-34(14-22-41)32-9-17-39(18-10-32)25-29-3-1-28(2-4-29)24-38-15-7-31(8-16-38)33-11-19-40(26-30)20-12-33;4*1-7(2,3,4,5)6/h1-23H,24-27H2;;;;/q+4;4*-1. The number of pyridine rings is 4. The number of aromatic nitrogens is 4. The van der Waals surface area contributed by atoms with Crippen LogP contribution in [0.1, 0.15) is 22.3 Å². The van der Waals surface area contributed by atoms with Crippen molar-refractivity contribution in [3.8, 4) is 22.3 Å². The normalized spacial score (nSPS) is 16.9. The van der Waals surface area contributed by atoms with E-state index in [-0.39, 0.29) is 0 Å². The topological polar surface area (TPSA) is 15.5 Å². The van der Waals surface area contributed by atoms with Crippen LogP contribution in [-0.4, -0.2) is 0 Å². The number of nitrogens with zero attached hydrogens (tertiary/aromatic N) is 4. The minimum atomic E-state index is -10.7. The summed E-state index contributed by atoms with van der Waals surface area (Å²) < 4.78 is 247. The van der Waals surface area contributed by atoms with E-state index in [4.69, 9.17) is 0 Å². The summed E-state index contributed by atoms with van der Waals surface area (Å²) in [7, 11) is -42.6. The first kappa shape index (κ1) is 58.9. The summed E-state index contributed by atoms with van der Waals surface area (Å²) in [4.78, 5) is 0. The van der Waals surface area contributed by atoms with E-state index in [0.29, 0.717) is 0 Å². The van der Waals surface area contributed by atoms with E-state index < -0.39 is 31.2 Å². The molecule has 0 radical (unpaired) electrons. The van der Waals surface area contributed by atoms with Crippen LogP contribution >= 0.6 is 47.2 Å². The Labute approximate surface area is 381 Å². The van der Waals surface area contributed by atoms with Crippen molar-refractivity contribution in [1.82, 2.24) is 0 Å². The molecule has 0 N–H and O–H groups in total. The van der Waals surface area contributed by atoms with Crippen LogP contribution in [0.5, 0.6) is 0 Å². The molecule has 4 aromatic heterocycles. The molecule has 20 heterocycles. The van der Waals surface area contributed by atoms with Gasteiger partial charge in [-0.15, -0.1) is 0 Å². The Bertz CT molecular complexity index is 2580. The van der Waals surface area contributed by atoms with Crippen molar-refractivity contribution in [2.75, 3.05) is 0 Å². The Hall–Kier alpha value is -4.44. The van der Waals surface area contributed by atoms with Gasteiger partial charge in [0.2, 0.25) is 0 Å². The number of rotatable bonds is 0. The van der Waals surface area contributed by atoms with Crippen LogP contribution in [0, 0.1) is 0 Å². The number of halogens is 25. The molecular weight excluding hydrogens is 1150 g/mol. The van der Waals surface area contributed by atoms with Gasteiger partial charge in [-0.2, -0.15) is 0 Å². The monoisotopic (exact) mass is 1180 g/mol. The second-order valence-electron chi connectivity index (χ2n) is 14.6. The first-order valence-electron chi connectivity index (χ1n) is 18.0. The van der Waals surface area contributed by atoms with Gasteiger partial charge in [-0.05, 0) is 28.3 Å². The Kier molecular flexibility index (Phi) is 14.4. The molecule has 390 valence electrons. The molecule has 69 heavy (non-hydrogen) atoms. The van der Waals surface area contributed by atoms with Crippen molar-refractivity contribution in [1.29, 1.82) is 0 Å². The molecule has 0 atom stereocenters. The molecule has 0 spiro atoms. The Morgan fingerprint density at radius 1 is 0.275 bits per heavy atom. The van der Waals surface area contributed by atoms with E-state index in [9.17, 15) is 101 Å². The van der Waals surface area contributed by atoms with Gasteiger partial charge in [0.25, 0.3) is 0 Å². The van der Waals surface area contributed by atoms with E-state index in [1.54, 1.807) is 0 Å². The van der Waals surface area contributed by atoms with E-state index in [1.807, 2.05) is 0 Å².